The molecule has 0 unspecified atom stereocenters. The van der Waals surface area contributed by atoms with Crippen LogP contribution in [0.25, 0.3) is 21.3 Å². The summed E-state index contributed by atoms with van der Waals surface area (Å²) in [5, 5.41) is 14.1. The Kier molecular flexibility index (Phi) is 6.15. The van der Waals surface area contributed by atoms with E-state index in [1.54, 1.807) is 12.1 Å². The molecule has 2 aromatic carbocycles. The quantitative estimate of drug-likeness (QED) is 0.179. The fourth-order valence-electron chi connectivity index (χ4n) is 3.03. The maximum Gasteiger partial charge on any atom is 0.260 e. The second-order valence-electron chi connectivity index (χ2n) is 6.62. The Labute approximate surface area is 185 Å². The summed E-state index contributed by atoms with van der Waals surface area (Å²) in [7, 11) is 0. The van der Waals surface area contributed by atoms with Gasteiger partial charge in [-0.25, -0.2) is 10.4 Å². The molecule has 9 heteroatoms. The molecular weight excluding hydrogens is 432 g/mol. The third-order valence-corrected chi connectivity index (χ3v) is 6.29. The molecule has 31 heavy (non-hydrogen) atoms. The molecule has 0 fully saturated rings. The van der Waals surface area contributed by atoms with Gasteiger partial charge in [-0.1, -0.05) is 42.1 Å². The third-order valence-electron chi connectivity index (χ3n) is 4.41. The van der Waals surface area contributed by atoms with Crippen LogP contribution in [0.5, 0.6) is 5.75 Å². The number of thiophene rings is 1. The summed E-state index contributed by atoms with van der Waals surface area (Å²) in [6.45, 7) is 1.97. The summed E-state index contributed by atoms with van der Waals surface area (Å²) in [6, 6.07) is 16.2. The number of hydrogen-bond acceptors (Lipinski definition) is 7. The number of hydrogen-bond donors (Lipinski definition) is 3. The Balaban J connectivity index is 1.45. The molecule has 0 aliphatic heterocycles. The monoisotopic (exact) mass is 450 g/mol. The van der Waals surface area contributed by atoms with Crippen molar-refractivity contribution in [2.45, 2.75) is 12.1 Å². The van der Waals surface area contributed by atoms with Crippen molar-refractivity contribution < 1.29 is 9.90 Å². The number of H-pyrrole nitrogens is 1. The minimum atomic E-state index is -0.324. The number of rotatable bonds is 6. The van der Waals surface area contributed by atoms with Gasteiger partial charge < -0.3 is 10.1 Å². The first-order valence-corrected chi connectivity index (χ1v) is 11.1. The molecule has 0 bridgehead atoms. The van der Waals surface area contributed by atoms with Gasteiger partial charge in [-0.3, -0.25) is 9.59 Å². The van der Waals surface area contributed by atoms with Crippen LogP contribution in [0.4, 0.5) is 0 Å². The first-order valence-electron chi connectivity index (χ1n) is 9.34. The topological polar surface area (TPSA) is 107 Å². The number of aryl methyl sites for hydroxylation is 1. The Bertz CT molecular complexity index is 1310. The number of fused-ring (bicyclic) bond motifs is 1. The number of carbonyl (C=O) groups excluding carboxylic acids is 1. The molecule has 0 atom stereocenters. The number of nitrogens with zero attached hydrogens (tertiary/aromatic N) is 2. The number of aromatic hydroxyl groups is 1. The Morgan fingerprint density at radius 1 is 1.23 bits per heavy atom. The Morgan fingerprint density at radius 3 is 2.71 bits per heavy atom. The average Bonchev–Trinajstić information content (AvgIpc) is 3.10. The first-order chi connectivity index (χ1) is 15.0. The van der Waals surface area contributed by atoms with Crippen molar-refractivity contribution >= 4 is 45.4 Å². The number of amides is 1. The lowest BCUT2D eigenvalue weighted by atomic mass is 10.0. The van der Waals surface area contributed by atoms with E-state index in [4.69, 9.17) is 0 Å². The molecule has 0 saturated heterocycles. The predicted octanol–water partition coefficient (Wildman–Crippen LogP) is 3.91. The molecule has 3 N–H and O–H groups in total. The maximum absolute atomic E-state index is 12.8. The Hall–Kier alpha value is -3.43. The second kappa shape index (κ2) is 9.15. The summed E-state index contributed by atoms with van der Waals surface area (Å²) < 4.78 is 0. The van der Waals surface area contributed by atoms with E-state index < -0.39 is 0 Å². The molecule has 0 saturated carbocycles. The van der Waals surface area contributed by atoms with Gasteiger partial charge in [0, 0.05) is 10.4 Å². The van der Waals surface area contributed by atoms with Gasteiger partial charge in [-0.2, -0.15) is 5.10 Å². The van der Waals surface area contributed by atoms with E-state index in [1.807, 2.05) is 37.3 Å². The first kappa shape index (κ1) is 20.8. The van der Waals surface area contributed by atoms with Crippen LogP contribution >= 0.6 is 23.1 Å². The van der Waals surface area contributed by atoms with E-state index in [1.165, 1.54) is 29.7 Å². The number of carbonyl (C=O) groups is 1. The SMILES string of the molecule is Cc1sc2nc(SCC(=O)N/N=C/c3ccc(O)cc3)[nH]c(=O)c2c1-c1ccccc1. The normalized spacial score (nSPS) is 11.3. The van der Waals surface area contributed by atoms with Gasteiger partial charge in [-0.15, -0.1) is 11.3 Å². The zero-order valence-corrected chi connectivity index (χ0v) is 18.1. The number of phenols is 1. The van der Waals surface area contributed by atoms with E-state index in [2.05, 4.69) is 20.5 Å². The van der Waals surface area contributed by atoms with Crippen molar-refractivity contribution in [2.24, 2.45) is 5.10 Å². The molecular formula is C22H18N4O3S2. The highest BCUT2D eigenvalue weighted by molar-refractivity contribution is 7.99. The van der Waals surface area contributed by atoms with Gasteiger partial charge in [0.25, 0.3) is 11.5 Å². The summed E-state index contributed by atoms with van der Waals surface area (Å²) in [5.74, 6) is -0.111. The molecule has 4 aromatic rings. The number of thioether (sulfide) groups is 1. The number of phenolic OH excluding ortho intramolecular Hbond substituents is 1. The number of aromatic amines is 1. The van der Waals surface area contributed by atoms with E-state index >= 15 is 0 Å². The van der Waals surface area contributed by atoms with Gasteiger partial charge in [0.15, 0.2) is 5.16 Å². The predicted molar refractivity (Wildman–Crippen MR) is 125 cm³/mol. The molecule has 2 heterocycles. The lowest BCUT2D eigenvalue weighted by Crippen LogP contribution is -2.20. The van der Waals surface area contributed by atoms with Crippen LogP contribution in [-0.2, 0) is 4.79 Å². The number of benzene rings is 2. The molecule has 1 amide bonds. The molecule has 0 radical (unpaired) electrons. The van der Waals surface area contributed by atoms with Crippen LogP contribution in [0.3, 0.4) is 0 Å². The van der Waals surface area contributed by atoms with Crippen molar-refractivity contribution in [3.05, 3.63) is 75.4 Å². The van der Waals surface area contributed by atoms with Gasteiger partial charge >= 0.3 is 0 Å². The van der Waals surface area contributed by atoms with Crippen LogP contribution in [0, 0.1) is 6.92 Å². The number of aromatic nitrogens is 2. The smallest absolute Gasteiger partial charge is 0.260 e. The minimum absolute atomic E-state index is 0.0528. The second-order valence-corrected chi connectivity index (χ2v) is 8.79. The standard InChI is InChI=1S/C22H18N4O3S2/c1-13-18(15-5-3-2-4-6-15)19-20(29)24-22(25-21(19)31-13)30-12-17(28)26-23-11-14-7-9-16(27)10-8-14/h2-11,27H,12H2,1H3,(H,26,28)(H,24,25,29)/b23-11+. The number of nitrogens with one attached hydrogen (secondary N) is 2. The highest BCUT2D eigenvalue weighted by Gasteiger charge is 2.17. The van der Waals surface area contributed by atoms with Crippen molar-refractivity contribution in [3.63, 3.8) is 0 Å². The molecule has 156 valence electrons. The lowest BCUT2D eigenvalue weighted by molar-refractivity contribution is -0.118. The van der Waals surface area contributed by atoms with Gasteiger partial charge in [0.05, 0.1) is 17.4 Å². The van der Waals surface area contributed by atoms with Crippen molar-refractivity contribution in [1.82, 2.24) is 15.4 Å². The lowest BCUT2D eigenvalue weighted by Gasteiger charge is -2.03. The molecule has 0 aliphatic carbocycles. The van der Waals surface area contributed by atoms with Gasteiger partial charge in [0.2, 0.25) is 0 Å². The van der Waals surface area contributed by atoms with Crippen LogP contribution in [-0.4, -0.2) is 32.9 Å². The van der Waals surface area contributed by atoms with Gasteiger partial charge in [-0.05, 0) is 42.3 Å². The van der Waals surface area contributed by atoms with Crippen molar-refractivity contribution in [3.8, 4) is 16.9 Å². The van der Waals surface area contributed by atoms with Crippen LogP contribution in [0.15, 0.2) is 69.6 Å². The molecule has 2 aromatic heterocycles. The molecule has 7 nitrogen and oxygen atoms in total. The van der Waals surface area contributed by atoms with Crippen LogP contribution in [0.1, 0.15) is 10.4 Å². The van der Waals surface area contributed by atoms with E-state index in [0.717, 1.165) is 33.3 Å². The molecule has 0 spiro atoms. The highest BCUT2D eigenvalue weighted by Crippen LogP contribution is 2.35. The minimum Gasteiger partial charge on any atom is -0.508 e. The summed E-state index contributed by atoms with van der Waals surface area (Å²) in [5.41, 5.74) is 4.82. The summed E-state index contributed by atoms with van der Waals surface area (Å²) >= 11 is 2.60. The average molecular weight is 451 g/mol. The number of hydrazone groups is 1. The van der Waals surface area contributed by atoms with Crippen molar-refractivity contribution in [2.75, 3.05) is 5.75 Å². The van der Waals surface area contributed by atoms with E-state index in [0.29, 0.717) is 15.4 Å². The third kappa shape index (κ3) is 4.84. The molecule has 0 aliphatic rings. The highest BCUT2D eigenvalue weighted by atomic mass is 32.2. The van der Waals surface area contributed by atoms with Crippen LogP contribution < -0.4 is 11.0 Å². The fourth-order valence-corrected chi connectivity index (χ4v) is 4.78. The Morgan fingerprint density at radius 2 is 1.97 bits per heavy atom. The maximum atomic E-state index is 12.8. The fraction of sp³-hybridized carbons (Fsp3) is 0.0909. The van der Waals surface area contributed by atoms with E-state index in [-0.39, 0.29) is 23.0 Å². The summed E-state index contributed by atoms with van der Waals surface area (Å²) in [4.78, 5) is 33.8. The van der Waals surface area contributed by atoms with Crippen LogP contribution in [0.2, 0.25) is 0 Å². The zero-order chi connectivity index (χ0) is 21.8. The van der Waals surface area contributed by atoms with E-state index in [9.17, 15) is 14.7 Å². The van der Waals surface area contributed by atoms with Gasteiger partial charge in [0.1, 0.15) is 10.6 Å². The summed E-state index contributed by atoms with van der Waals surface area (Å²) in [6.07, 6.45) is 1.48. The zero-order valence-electron chi connectivity index (χ0n) is 16.5. The largest absolute Gasteiger partial charge is 0.508 e. The molecule has 4 rings (SSSR count). The van der Waals surface area contributed by atoms with Crippen molar-refractivity contribution in [1.29, 1.82) is 0 Å².